The maximum absolute atomic E-state index is 12.4. The highest BCUT2D eigenvalue weighted by atomic mass is 19.4. The van der Waals surface area contributed by atoms with Gasteiger partial charge in [-0.25, -0.2) is 0 Å². The smallest absolute Gasteiger partial charge is 0.361 e. The van der Waals surface area contributed by atoms with Crippen molar-refractivity contribution in [1.29, 1.82) is 0 Å². The molecule has 0 aliphatic heterocycles. The van der Waals surface area contributed by atoms with E-state index in [1.807, 2.05) is 20.8 Å². The first-order valence-electron chi connectivity index (χ1n) is 5.12. The number of halogens is 3. The van der Waals surface area contributed by atoms with E-state index in [4.69, 9.17) is 4.52 Å². The van der Waals surface area contributed by atoms with Gasteiger partial charge in [0.1, 0.15) is 18.0 Å². The molecule has 1 heterocycles. The SMILES string of the molecule is CC(C)(C)c1cc(CC(C=O)C(F)(F)F)no1. The number of hydrogen-bond acceptors (Lipinski definition) is 3. The monoisotopic (exact) mass is 249 g/mol. The molecule has 0 saturated heterocycles. The normalized spacial score (nSPS) is 14.7. The number of rotatable bonds is 3. The fraction of sp³-hybridized carbons (Fsp3) is 0.636. The molecule has 1 aromatic heterocycles. The Morgan fingerprint density at radius 2 is 2.00 bits per heavy atom. The van der Waals surface area contributed by atoms with E-state index in [2.05, 4.69) is 5.16 Å². The number of alkyl halides is 3. The third-order valence-corrected chi connectivity index (χ3v) is 2.31. The van der Waals surface area contributed by atoms with E-state index in [-0.39, 0.29) is 17.4 Å². The summed E-state index contributed by atoms with van der Waals surface area (Å²) in [6.45, 7) is 5.58. The summed E-state index contributed by atoms with van der Waals surface area (Å²) in [7, 11) is 0. The minimum atomic E-state index is -4.54. The van der Waals surface area contributed by atoms with E-state index in [9.17, 15) is 18.0 Å². The molecule has 0 aliphatic carbocycles. The first-order valence-corrected chi connectivity index (χ1v) is 5.12. The summed E-state index contributed by atoms with van der Waals surface area (Å²) in [6, 6.07) is 1.46. The van der Waals surface area contributed by atoms with Crippen molar-refractivity contribution >= 4 is 6.29 Å². The van der Waals surface area contributed by atoms with E-state index >= 15 is 0 Å². The Morgan fingerprint density at radius 1 is 1.41 bits per heavy atom. The average molecular weight is 249 g/mol. The molecule has 0 saturated carbocycles. The summed E-state index contributed by atoms with van der Waals surface area (Å²) in [4.78, 5) is 10.4. The third kappa shape index (κ3) is 3.57. The Kier molecular flexibility index (Phi) is 3.64. The zero-order valence-electron chi connectivity index (χ0n) is 9.84. The molecule has 1 aromatic rings. The van der Waals surface area contributed by atoms with Gasteiger partial charge < -0.3 is 9.32 Å². The zero-order valence-corrected chi connectivity index (χ0v) is 9.84. The molecule has 1 atom stereocenters. The number of carbonyl (C=O) groups is 1. The van der Waals surface area contributed by atoms with E-state index < -0.39 is 18.5 Å². The average Bonchev–Trinajstić information content (AvgIpc) is 2.59. The zero-order chi connectivity index (χ0) is 13.3. The molecule has 0 amide bonds. The number of nitrogens with zero attached hydrogens (tertiary/aromatic N) is 1. The van der Waals surface area contributed by atoms with Crippen LogP contribution in [0.1, 0.15) is 32.2 Å². The van der Waals surface area contributed by atoms with Gasteiger partial charge in [0.2, 0.25) is 0 Å². The maximum Gasteiger partial charge on any atom is 0.398 e. The number of hydrogen-bond donors (Lipinski definition) is 0. The minimum Gasteiger partial charge on any atom is -0.361 e. The van der Waals surface area contributed by atoms with Crippen LogP contribution in [0.4, 0.5) is 13.2 Å². The van der Waals surface area contributed by atoms with Crippen LogP contribution in [0.2, 0.25) is 0 Å². The van der Waals surface area contributed by atoms with Gasteiger partial charge in [0.15, 0.2) is 0 Å². The minimum absolute atomic E-state index is 0.106. The molecule has 0 bridgehead atoms. The summed E-state index contributed by atoms with van der Waals surface area (Å²) in [5.41, 5.74) is -0.176. The first kappa shape index (κ1) is 13.7. The Hall–Kier alpha value is -1.33. The van der Waals surface area contributed by atoms with Crippen LogP contribution in [0.5, 0.6) is 0 Å². The number of carbonyl (C=O) groups excluding carboxylic acids is 1. The lowest BCUT2D eigenvalue weighted by molar-refractivity contribution is -0.174. The van der Waals surface area contributed by atoms with Gasteiger partial charge in [0.25, 0.3) is 0 Å². The molecular formula is C11H14F3NO2. The lowest BCUT2D eigenvalue weighted by Crippen LogP contribution is -2.26. The molecule has 0 radical (unpaired) electrons. The summed E-state index contributed by atoms with van der Waals surface area (Å²) < 4.78 is 42.0. The Balaban J connectivity index is 2.82. The Labute approximate surface area is 97.0 Å². The topological polar surface area (TPSA) is 43.1 Å². The molecule has 96 valence electrons. The molecule has 0 N–H and O–H groups in total. The molecule has 0 spiro atoms. The molecule has 0 aromatic carbocycles. The van der Waals surface area contributed by atoms with Crippen molar-refractivity contribution in [2.24, 2.45) is 5.92 Å². The second-order valence-electron chi connectivity index (χ2n) is 4.92. The fourth-order valence-corrected chi connectivity index (χ4v) is 1.23. The molecule has 17 heavy (non-hydrogen) atoms. The van der Waals surface area contributed by atoms with Crippen molar-refractivity contribution < 1.29 is 22.5 Å². The van der Waals surface area contributed by atoms with Gasteiger partial charge in [-0.2, -0.15) is 13.2 Å². The highest BCUT2D eigenvalue weighted by Gasteiger charge is 2.40. The van der Waals surface area contributed by atoms with Gasteiger partial charge in [0, 0.05) is 17.9 Å². The van der Waals surface area contributed by atoms with Gasteiger partial charge in [0.05, 0.1) is 5.69 Å². The van der Waals surface area contributed by atoms with Crippen LogP contribution in [0, 0.1) is 5.92 Å². The Bertz CT molecular complexity index is 390. The molecule has 3 nitrogen and oxygen atoms in total. The van der Waals surface area contributed by atoms with E-state index in [0.29, 0.717) is 5.76 Å². The molecule has 0 fully saturated rings. The predicted octanol–water partition coefficient (Wildman–Crippen LogP) is 2.89. The van der Waals surface area contributed by atoms with Crippen molar-refractivity contribution in [3.05, 3.63) is 17.5 Å². The van der Waals surface area contributed by atoms with Crippen LogP contribution in [-0.4, -0.2) is 17.6 Å². The van der Waals surface area contributed by atoms with Gasteiger partial charge in [-0.1, -0.05) is 25.9 Å². The van der Waals surface area contributed by atoms with Crippen LogP contribution in [0.25, 0.3) is 0 Å². The first-order chi connectivity index (χ1) is 7.64. The second-order valence-corrected chi connectivity index (χ2v) is 4.92. The quantitative estimate of drug-likeness (QED) is 0.773. The van der Waals surface area contributed by atoms with E-state index in [1.54, 1.807) is 0 Å². The predicted molar refractivity (Wildman–Crippen MR) is 54.5 cm³/mol. The van der Waals surface area contributed by atoms with Gasteiger partial charge in [-0.3, -0.25) is 0 Å². The van der Waals surface area contributed by atoms with Crippen LogP contribution < -0.4 is 0 Å². The van der Waals surface area contributed by atoms with Crippen molar-refractivity contribution in [2.45, 2.75) is 38.8 Å². The van der Waals surface area contributed by atoms with Crippen LogP contribution >= 0.6 is 0 Å². The summed E-state index contributed by atoms with van der Waals surface area (Å²) >= 11 is 0. The molecular weight excluding hydrogens is 235 g/mol. The lowest BCUT2D eigenvalue weighted by atomic mass is 9.92. The highest BCUT2D eigenvalue weighted by Crippen LogP contribution is 2.29. The maximum atomic E-state index is 12.4. The van der Waals surface area contributed by atoms with Crippen molar-refractivity contribution in [3.63, 3.8) is 0 Å². The van der Waals surface area contributed by atoms with Gasteiger partial charge >= 0.3 is 6.18 Å². The molecule has 6 heteroatoms. The third-order valence-electron chi connectivity index (χ3n) is 2.31. The summed E-state index contributed by atoms with van der Waals surface area (Å²) in [5.74, 6) is -1.53. The molecule has 0 aliphatic rings. The van der Waals surface area contributed by atoms with Gasteiger partial charge in [-0.05, 0) is 0 Å². The summed E-state index contributed by atoms with van der Waals surface area (Å²) in [5, 5.41) is 3.55. The van der Waals surface area contributed by atoms with Crippen LogP contribution in [-0.2, 0) is 16.6 Å². The number of aromatic nitrogens is 1. The summed E-state index contributed by atoms with van der Waals surface area (Å²) in [6.07, 6.45) is -5.12. The highest BCUT2D eigenvalue weighted by molar-refractivity contribution is 5.55. The van der Waals surface area contributed by atoms with Crippen LogP contribution in [0.3, 0.4) is 0 Å². The van der Waals surface area contributed by atoms with Crippen LogP contribution in [0.15, 0.2) is 10.6 Å². The van der Waals surface area contributed by atoms with E-state index in [1.165, 1.54) is 6.07 Å². The van der Waals surface area contributed by atoms with E-state index in [0.717, 1.165) is 0 Å². The van der Waals surface area contributed by atoms with Gasteiger partial charge in [-0.15, -0.1) is 0 Å². The largest absolute Gasteiger partial charge is 0.398 e. The molecule has 1 rings (SSSR count). The Morgan fingerprint density at radius 3 is 2.35 bits per heavy atom. The number of aldehydes is 1. The second kappa shape index (κ2) is 4.50. The standard InChI is InChI=1S/C11H14F3NO2/c1-10(2,3)9-5-8(15-17-9)4-7(6-16)11(12,13)14/h5-7H,4H2,1-3H3. The van der Waals surface area contributed by atoms with Crippen molar-refractivity contribution in [1.82, 2.24) is 5.16 Å². The van der Waals surface area contributed by atoms with Crippen molar-refractivity contribution in [3.8, 4) is 0 Å². The lowest BCUT2D eigenvalue weighted by Gasteiger charge is -2.13. The fourth-order valence-electron chi connectivity index (χ4n) is 1.23. The van der Waals surface area contributed by atoms with Crippen molar-refractivity contribution in [2.75, 3.05) is 0 Å². The molecule has 1 unspecified atom stereocenters.